The SMILES string of the molecule is CNCCNc1cc2cc[nH]c(=O)c2c(Nc2ccc(C3CCNCC3)cc2)n1. The number of fused-ring (bicyclic) bond motifs is 1. The molecule has 29 heavy (non-hydrogen) atoms. The molecule has 4 rings (SSSR count). The van der Waals surface area contributed by atoms with Crippen molar-refractivity contribution in [3.63, 3.8) is 0 Å². The molecule has 0 aliphatic carbocycles. The Hall–Kier alpha value is -2.90. The lowest BCUT2D eigenvalue weighted by Gasteiger charge is -2.23. The van der Waals surface area contributed by atoms with Crippen molar-refractivity contribution in [1.29, 1.82) is 0 Å². The molecule has 152 valence electrons. The first-order valence-corrected chi connectivity index (χ1v) is 10.2. The standard InChI is InChI=1S/C22H28N6O/c1-23-12-13-25-19-14-17-8-11-26-22(29)20(17)21(28-19)27-18-4-2-15(3-5-18)16-6-9-24-10-7-16/h2-5,8,11,14,16,23-24H,6-7,9-10,12-13H2,1H3,(H,26,29)(H2,25,27,28). The number of benzene rings is 1. The van der Waals surface area contributed by atoms with Crippen LogP contribution in [0.1, 0.15) is 24.3 Å². The van der Waals surface area contributed by atoms with E-state index in [0.717, 1.165) is 43.1 Å². The Bertz CT molecular complexity index is 1010. The molecule has 0 amide bonds. The van der Waals surface area contributed by atoms with Crippen LogP contribution in [0, 0.1) is 0 Å². The van der Waals surface area contributed by atoms with E-state index < -0.39 is 0 Å². The summed E-state index contributed by atoms with van der Waals surface area (Å²) in [6, 6.07) is 12.3. The first-order chi connectivity index (χ1) is 14.2. The zero-order valence-electron chi connectivity index (χ0n) is 16.7. The number of pyridine rings is 2. The van der Waals surface area contributed by atoms with Crippen molar-refractivity contribution in [3.8, 4) is 0 Å². The minimum atomic E-state index is -0.148. The number of hydrogen-bond acceptors (Lipinski definition) is 6. The maximum atomic E-state index is 12.5. The fraction of sp³-hybridized carbons (Fsp3) is 0.364. The highest BCUT2D eigenvalue weighted by atomic mass is 16.1. The Kier molecular flexibility index (Phi) is 6.07. The van der Waals surface area contributed by atoms with Gasteiger partial charge in [-0.2, -0.15) is 0 Å². The Labute approximate surface area is 170 Å². The third kappa shape index (κ3) is 4.58. The van der Waals surface area contributed by atoms with Crippen molar-refractivity contribution in [1.82, 2.24) is 20.6 Å². The monoisotopic (exact) mass is 392 g/mol. The number of likely N-dealkylation sites (N-methyl/N-ethyl adjacent to an activating group) is 1. The molecule has 0 unspecified atom stereocenters. The van der Waals surface area contributed by atoms with E-state index in [4.69, 9.17) is 0 Å². The van der Waals surface area contributed by atoms with E-state index in [1.165, 1.54) is 18.4 Å². The molecule has 1 aliphatic rings. The summed E-state index contributed by atoms with van der Waals surface area (Å²) in [5.41, 5.74) is 2.15. The Morgan fingerprint density at radius 1 is 1.10 bits per heavy atom. The summed E-state index contributed by atoms with van der Waals surface area (Å²) in [7, 11) is 1.91. The van der Waals surface area contributed by atoms with Crippen LogP contribution in [0.5, 0.6) is 0 Å². The molecule has 5 N–H and O–H groups in total. The number of hydrogen-bond donors (Lipinski definition) is 5. The molecule has 1 aliphatic heterocycles. The van der Waals surface area contributed by atoms with Crippen LogP contribution in [-0.4, -0.2) is 43.2 Å². The van der Waals surface area contributed by atoms with Gasteiger partial charge in [-0.05, 0) is 74.1 Å². The summed E-state index contributed by atoms with van der Waals surface area (Å²) in [5, 5.41) is 14.6. The summed E-state index contributed by atoms with van der Waals surface area (Å²) in [4.78, 5) is 19.9. The summed E-state index contributed by atoms with van der Waals surface area (Å²) < 4.78 is 0. The average molecular weight is 393 g/mol. The van der Waals surface area contributed by atoms with Crippen LogP contribution in [0.15, 0.2) is 47.4 Å². The molecule has 1 aromatic carbocycles. The molecule has 3 aromatic rings. The largest absolute Gasteiger partial charge is 0.369 e. The van der Waals surface area contributed by atoms with E-state index in [-0.39, 0.29) is 5.56 Å². The maximum absolute atomic E-state index is 12.5. The van der Waals surface area contributed by atoms with Crippen LogP contribution in [-0.2, 0) is 0 Å². The number of rotatable bonds is 7. The molecule has 0 bridgehead atoms. The lowest BCUT2D eigenvalue weighted by Crippen LogP contribution is -2.26. The van der Waals surface area contributed by atoms with Gasteiger partial charge >= 0.3 is 0 Å². The number of nitrogens with one attached hydrogen (secondary N) is 5. The van der Waals surface area contributed by atoms with Crippen molar-refractivity contribution in [2.24, 2.45) is 0 Å². The Balaban J connectivity index is 1.61. The molecule has 3 heterocycles. The average Bonchev–Trinajstić information content (AvgIpc) is 2.75. The number of anilines is 3. The van der Waals surface area contributed by atoms with Crippen molar-refractivity contribution in [3.05, 3.63) is 58.5 Å². The number of H-pyrrole nitrogens is 1. The third-order valence-corrected chi connectivity index (χ3v) is 5.42. The smallest absolute Gasteiger partial charge is 0.259 e. The topological polar surface area (TPSA) is 93.9 Å². The molecule has 2 aromatic heterocycles. The quantitative estimate of drug-likeness (QED) is 0.397. The summed E-state index contributed by atoms with van der Waals surface area (Å²) in [5.74, 6) is 1.92. The minimum absolute atomic E-state index is 0.148. The van der Waals surface area contributed by atoms with Crippen molar-refractivity contribution < 1.29 is 0 Å². The summed E-state index contributed by atoms with van der Waals surface area (Å²) >= 11 is 0. The van der Waals surface area contributed by atoms with Crippen LogP contribution < -0.4 is 26.8 Å². The van der Waals surface area contributed by atoms with Crippen molar-refractivity contribution >= 4 is 28.1 Å². The van der Waals surface area contributed by atoms with Crippen LogP contribution in [0.25, 0.3) is 10.8 Å². The predicted molar refractivity (Wildman–Crippen MR) is 119 cm³/mol. The highest BCUT2D eigenvalue weighted by Gasteiger charge is 2.15. The van der Waals surface area contributed by atoms with Crippen LogP contribution >= 0.6 is 0 Å². The second-order valence-corrected chi connectivity index (χ2v) is 7.43. The van der Waals surface area contributed by atoms with E-state index in [0.29, 0.717) is 17.1 Å². The molecule has 0 spiro atoms. The highest BCUT2D eigenvalue weighted by molar-refractivity contribution is 5.94. The fourth-order valence-corrected chi connectivity index (χ4v) is 3.84. The van der Waals surface area contributed by atoms with Crippen molar-refractivity contribution in [2.45, 2.75) is 18.8 Å². The van der Waals surface area contributed by atoms with Crippen LogP contribution in [0.4, 0.5) is 17.3 Å². The molecule has 0 radical (unpaired) electrons. The number of nitrogens with zero attached hydrogens (tertiary/aromatic N) is 1. The molecule has 7 nitrogen and oxygen atoms in total. The van der Waals surface area contributed by atoms with Gasteiger partial charge in [0.15, 0.2) is 0 Å². The second-order valence-electron chi connectivity index (χ2n) is 7.43. The number of aromatic amines is 1. The van der Waals surface area contributed by atoms with E-state index in [1.807, 2.05) is 19.2 Å². The van der Waals surface area contributed by atoms with Gasteiger partial charge in [-0.15, -0.1) is 0 Å². The Morgan fingerprint density at radius 3 is 2.66 bits per heavy atom. The maximum Gasteiger partial charge on any atom is 0.259 e. The summed E-state index contributed by atoms with van der Waals surface area (Å²) in [6.07, 6.45) is 4.02. The van der Waals surface area contributed by atoms with Crippen LogP contribution in [0.3, 0.4) is 0 Å². The number of aromatic nitrogens is 2. The fourth-order valence-electron chi connectivity index (χ4n) is 3.84. The van der Waals surface area contributed by atoms with E-state index in [9.17, 15) is 4.79 Å². The zero-order chi connectivity index (χ0) is 20.1. The van der Waals surface area contributed by atoms with E-state index in [1.54, 1.807) is 6.20 Å². The minimum Gasteiger partial charge on any atom is -0.369 e. The van der Waals surface area contributed by atoms with Gasteiger partial charge in [-0.3, -0.25) is 4.79 Å². The summed E-state index contributed by atoms with van der Waals surface area (Å²) in [6.45, 7) is 3.74. The second kappa shape index (κ2) is 9.07. The molecular formula is C22H28N6O. The van der Waals surface area contributed by atoms with Gasteiger partial charge in [-0.25, -0.2) is 4.98 Å². The van der Waals surface area contributed by atoms with Gasteiger partial charge in [0, 0.05) is 25.0 Å². The van der Waals surface area contributed by atoms with E-state index in [2.05, 4.69) is 55.5 Å². The Morgan fingerprint density at radius 2 is 1.90 bits per heavy atom. The van der Waals surface area contributed by atoms with E-state index >= 15 is 0 Å². The molecule has 1 fully saturated rings. The molecule has 0 atom stereocenters. The van der Waals surface area contributed by atoms with Gasteiger partial charge in [0.05, 0.1) is 5.39 Å². The first kappa shape index (κ1) is 19.4. The lowest BCUT2D eigenvalue weighted by molar-refractivity contribution is 0.460. The highest BCUT2D eigenvalue weighted by Crippen LogP contribution is 2.28. The number of piperidine rings is 1. The van der Waals surface area contributed by atoms with Gasteiger partial charge in [0.25, 0.3) is 5.56 Å². The van der Waals surface area contributed by atoms with Gasteiger partial charge < -0.3 is 26.3 Å². The van der Waals surface area contributed by atoms with Gasteiger partial charge in [-0.1, -0.05) is 12.1 Å². The molecule has 1 saturated heterocycles. The van der Waals surface area contributed by atoms with Crippen LogP contribution in [0.2, 0.25) is 0 Å². The normalized spacial score (nSPS) is 14.8. The lowest BCUT2D eigenvalue weighted by atomic mass is 9.90. The van der Waals surface area contributed by atoms with Gasteiger partial charge in [0.2, 0.25) is 0 Å². The first-order valence-electron chi connectivity index (χ1n) is 10.2. The predicted octanol–water partition coefficient (Wildman–Crippen LogP) is 2.77. The van der Waals surface area contributed by atoms with Crippen molar-refractivity contribution in [2.75, 3.05) is 43.9 Å². The van der Waals surface area contributed by atoms with Gasteiger partial charge in [0.1, 0.15) is 11.6 Å². The molecule has 0 saturated carbocycles. The zero-order valence-corrected chi connectivity index (χ0v) is 16.7. The molecular weight excluding hydrogens is 364 g/mol. The molecule has 7 heteroatoms. The third-order valence-electron chi connectivity index (χ3n) is 5.42.